The topological polar surface area (TPSA) is 15.8 Å². The lowest BCUT2D eigenvalue weighted by molar-refractivity contribution is 1.40. The Morgan fingerprint density at radius 3 is 2.85 bits per heavy atom. The van der Waals surface area contributed by atoms with E-state index in [2.05, 4.69) is 27.1 Å². The summed E-state index contributed by atoms with van der Waals surface area (Å²) in [7, 11) is 0. The molecule has 1 radical (unpaired) electrons. The molecule has 1 heterocycles. The third kappa shape index (κ3) is 1.79. The molecule has 2 rings (SSSR count). The van der Waals surface area contributed by atoms with Crippen LogP contribution in [0.15, 0.2) is 34.9 Å². The Labute approximate surface area is 89.9 Å². The quantitative estimate of drug-likeness (QED) is 0.795. The zero-order chi connectivity index (χ0) is 9.26. The molecule has 0 aliphatic heterocycles. The summed E-state index contributed by atoms with van der Waals surface area (Å²) in [5.74, 6) is 0. The summed E-state index contributed by atoms with van der Waals surface area (Å²) >= 11 is 9.43. The third-order valence-electron chi connectivity index (χ3n) is 1.76. The van der Waals surface area contributed by atoms with Gasteiger partial charge in [-0.05, 0) is 24.3 Å². The van der Waals surface area contributed by atoms with Crippen LogP contribution in [-0.2, 0) is 0 Å². The van der Waals surface area contributed by atoms with E-state index in [1.165, 1.54) is 0 Å². The molecule has 1 nitrogen and oxygen atoms in total. The van der Waals surface area contributed by atoms with Crippen LogP contribution >= 0.6 is 27.5 Å². The molecule has 0 aliphatic carbocycles. The Balaban J connectivity index is 2.57. The van der Waals surface area contributed by atoms with Gasteiger partial charge in [0.15, 0.2) is 0 Å². The summed E-state index contributed by atoms with van der Waals surface area (Å²) in [6, 6.07) is 7.69. The molecule has 0 spiro atoms. The molecule has 0 saturated carbocycles. The summed E-state index contributed by atoms with van der Waals surface area (Å²) in [5.41, 5.74) is 1.96. The second kappa shape index (κ2) is 3.56. The Morgan fingerprint density at radius 2 is 2.15 bits per heavy atom. The zero-order valence-corrected chi connectivity index (χ0v) is 8.98. The molecule has 0 atom stereocenters. The molecule has 0 unspecified atom stereocenters. The van der Waals surface area contributed by atoms with E-state index in [0.717, 1.165) is 20.6 Å². The maximum absolute atomic E-state index is 6.03. The summed E-state index contributed by atoms with van der Waals surface area (Å²) in [4.78, 5) is 2.88. The molecule has 0 bridgehead atoms. The van der Waals surface area contributed by atoms with E-state index in [-0.39, 0.29) is 0 Å². The molecule has 0 amide bonds. The number of hydrogen-bond acceptors (Lipinski definition) is 0. The van der Waals surface area contributed by atoms with Crippen molar-refractivity contribution in [2.45, 2.75) is 0 Å². The molecule has 0 aliphatic rings. The van der Waals surface area contributed by atoms with Crippen molar-refractivity contribution in [2.24, 2.45) is 0 Å². The lowest BCUT2D eigenvalue weighted by atomic mass is 10.1. The van der Waals surface area contributed by atoms with Gasteiger partial charge in [-0.2, -0.15) is 0 Å². The van der Waals surface area contributed by atoms with Crippen molar-refractivity contribution in [3.63, 3.8) is 0 Å². The lowest BCUT2D eigenvalue weighted by Gasteiger charge is -2.01. The maximum atomic E-state index is 6.03. The van der Waals surface area contributed by atoms with Crippen LogP contribution < -0.4 is 0 Å². The molecule has 1 aromatic heterocycles. The van der Waals surface area contributed by atoms with Crippen LogP contribution in [0.4, 0.5) is 0 Å². The fraction of sp³-hybridized carbons (Fsp3) is 0. The average molecular weight is 256 g/mol. The predicted octanol–water partition coefficient (Wildman–Crippen LogP) is 3.90. The second-order valence-corrected chi connectivity index (χ2v) is 3.96. The fourth-order valence-electron chi connectivity index (χ4n) is 1.15. The highest BCUT2D eigenvalue weighted by molar-refractivity contribution is 9.10. The van der Waals surface area contributed by atoms with Crippen LogP contribution in [0.2, 0.25) is 5.02 Å². The SMILES string of the molecule is Clc1ccc(Br)cc1-c1[c][nH]cc1. The van der Waals surface area contributed by atoms with Crippen molar-refractivity contribution in [2.75, 3.05) is 0 Å². The molecule has 2 aromatic rings. The molecule has 0 fully saturated rings. The predicted molar refractivity (Wildman–Crippen MR) is 57.8 cm³/mol. The van der Waals surface area contributed by atoms with Gasteiger partial charge >= 0.3 is 0 Å². The molecule has 13 heavy (non-hydrogen) atoms. The summed E-state index contributed by atoms with van der Waals surface area (Å²) in [6.45, 7) is 0. The van der Waals surface area contributed by atoms with E-state index in [0.29, 0.717) is 0 Å². The smallest absolute Gasteiger partial charge is 0.0706 e. The van der Waals surface area contributed by atoms with E-state index < -0.39 is 0 Å². The largest absolute Gasteiger partial charge is 0.359 e. The van der Waals surface area contributed by atoms with Gasteiger partial charge in [-0.25, -0.2) is 0 Å². The minimum Gasteiger partial charge on any atom is -0.359 e. The van der Waals surface area contributed by atoms with Crippen molar-refractivity contribution < 1.29 is 0 Å². The van der Waals surface area contributed by atoms with Gasteiger partial charge in [0.05, 0.1) is 6.20 Å². The van der Waals surface area contributed by atoms with Crippen LogP contribution in [0.5, 0.6) is 0 Å². The molecular formula is C10H6BrClN. The second-order valence-electron chi connectivity index (χ2n) is 2.64. The number of H-pyrrole nitrogens is 1. The van der Waals surface area contributed by atoms with Crippen molar-refractivity contribution in [3.8, 4) is 11.1 Å². The lowest BCUT2D eigenvalue weighted by Crippen LogP contribution is -1.76. The highest BCUT2D eigenvalue weighted by Crippen LogP contribution is 2.29. The Kier molecular flexibility index (Phi) is 2.42. The Morgan fingerprint density at radius 1 is 1.31 bits per heavy atom. The number of halogens is 2. The van der Waals surface area contributed by atoms with Gasteiger partial charge in [0.1, 0.15) is 0 Å². The fourth-order valence-corrected chi connectivity index (χ4v) is 1.73. The van der Waals surface area contributed by atoms with Crippen LogP contribution in [0.3, 0.4) is 0 Å². The Bertz CT molecular complexity index is 409. The van der Waals surface area contributed by atoms with Crippen LogP contribution in [0.1, 0.15) is 0 Å². The van der Waals surface area contributed by atoms with E-state index in [1.54, 1.807) is 0 Å². The highest BCUT2D eigenvalue weighted by atomic mass is 79.9. The molecule has 0 saturated heterocycles. The number of benzene rings is 1. The van der Waals surface area contributed by atoms with Gasteiger partial charge in [0, 0.05) is 26.8 Å². The highest BCUT2D eigenvalue weighted by Gasteiger charge is 2.03. The minimum absolute atomic E-state index is 0.735. The van der Waals surface area contributed by atoms with Crippen LogP contribution in [0, 0.1) is 6.20 Å². The first-order chi connectivity index (χ1) is 6.27. The molecule has 1 aromatic carbocycles. The summed E-state index contributed by atoms with van der Waals surface area (Å²) < 4.78 is 1.02. The standard InChI is InChI=1S/C10H6BrClN/c11-8-1-2-10(12)9(5-8)7-3-4-13-6-7/h1-5,13H. The number of nitrogens with one attached hydrogen (secondary N) is 1. The van der Waals surface area contributed by atoms with Gasteiger partial charge in [0.25, 0.3) is 0 Å². The van der Waals surface area contributed by atoms with Crippen LogP contribution in [-0.4, -0.2) is 4.98 Å². The zero-order valence-electron chi connectivity index (χ0n) is 6.64. The van der Waals surface area contributed by atoms with Gasteiger partial charge < -0.3 is 4.98 Å². The van der Waals surface area contributed by atoms with Crippen LogP contribution in [0.25, 0.3) is 11.1 Å². The van der Waals surface area contributed by atoms with Crippen molar-refractivity contribution in [1.82, 2.24) is 4.98 Å². The maximum Gasteiger partial charge on any atom is 0.0706 e. The molecule has 65 valence electrons. The first-order valence-corrected chi connectivity index (χ1v) is 4.95. The number of aromatic amines is 1. The minimum atomic E-state index is 0.735. The van der Waals surface area contributed by atoms with E-state index in [1.807, 2.05) is 30.5 Å². The van der Waals surface area contributed by atoms with E-state index in [9.17, 15) is 0 Å². The van der Waals surface area contributed by atoms with Crippen molar-refractivity contribution >= 4 is 27.5 Å². The van der Waals surface area contributed by atoms with E-state index in [4.69, 9.17) is 11.6 Å². The summed E-state index contributed by atoms with van der Waals surface area (Å²) in [5, 5.41) is 0.735. The van der Waals surface area contributed by atoms with Crippen molar-refractivity contribution in [3.05, 3.63) is 46.2 Å². The monoisotopic (exact) mass is 254 g/mol. The molecular weight excluding hydrogens is 249 g/mol. The first kappa shape index (κ1) is 8.85. The first-order valence-electron chi connectivity index (χ1n) is 3.78. The number of hydrogen-bond donors (Lipinski definition) is 1. The molecule has 3 heteroatoms. The average Bonchev–Trinajstić information content (AvgIpc) is 2.61. The normalized spacial score (nSPS) is 10.3. The third-order valence-corrected chi connectivity index (χ3v) is 2.58. The van der Waals surface area contributed by atoms with Gasteiger partial charge in [-0.1, -0.05) is 27.5 Å². The molecule has 1 N–H and O–H groups in total. The number of aromatic nitrogens is 1. The van der Waals surface area contributed by atoms with Gasteiger partial charge in [-0.3, -0.25) is 0 Å². The van der Waals surface area contributed by atoms with E-state index >= 15 is 0 Å². The summed E-state index contributed by atoms with van der Waals surface area (Å²) in [6.07, 6.45) is 4.82. The Hall–Kier alpha value is -0.730. The van der Waals surface area contributed by atoms with Crippen molar-refractivity contribution in [1.29, 1.82) is 0 Å². The number of rotatable bonds is 1. The van der Waals surface area contributed by atoms with Gasteiger partial charge in [-0.15, -0.1) is 0 Å². The van der Waals surface area contributed by atoms with Gasteiger partial charge in [0.2, 0.25) is 0 Å².